The summed E-state index contributed by atoms with van der Waals surface area (Å²) in [7, 11) is 0. The van der Waals surface area contributed by atoms with Gasteiger partial charge in [-0.15, -0.1) is 0 Å². The lowest BCUT2D eigenvalue weighted by molar-refractivity contribution is -0.384. The maximum absolute atomic E-state index is 12.9. The number of nitrogens with one attached hydrogen (secondary N) is 2. The third kappa shape index (κ3) is 7.74. The number of rotatable bonds is 10. The molecule has 190 valence electrons. The molecule has 37 heavy (non-hydrogen) atoms. The molecule has 0 atom stereocenters. The van der Waals surface area contributed by atoms with Crippen LogP contribution in [0.25, 0.3) is 6.08 Å². The Kier molecular flexibility index (Phi) is 9.51. The zero-order chi connectivity index (χ0) is 26.8. The highest BCUT2D eigenvalue weighted by Gasteiger charge is 2.16. The molecule has 0 radical (unpaired) electrons. The van der Waals surface area contributed by atoms with E-state index in [4.69, 9.17) is 11.6 Å². The SMILES string of the molecule is CCN(CC)c1ccc(/C=C(/NC(=O)c2ccc([N+](=O)[O-])cc2)C(=O)N/N=C\c2ccc(Cl)cc2)cc1. The summed E-state index contributed by atoms with van der Waals surface area (Å²) in [5, 5.41) is 18.0. The number of carbonyl (C=O) groups excluding carboxylic acids is 2. The van der Waals surface area contributed by atoms with Crippen molar-refractivity contribution < 1.29 is 14.5 Å². The van der Waals surface area contributed by atoms with E-state index in [0.29, 0.717) is 10.6 Å². The molecule has 0 bridgehead atoms. The number of non-ortho nitro benzene ring substituents is 1. The van der Waals surface area contributed by atoms with Gasteiger partial charge in [0, 0.05) is 41.5 Å². The van der Waals surface area contributed by atoms with Crippen LogP contribution in [0.4, 0.5) is 11.4 Å². The van der Waals surface area contributed by atoms with E-state index in [0.717, 1.165) is 24.3 Å². The molecule has 0 heterocycles. The Labute approximate surface area is 219 Å². The Morgan fingerprint density at radius 1 is 0.946 bits per heavy atom. The van der Waals surface area contributed by atoms with Gasteiger partial charge in [-0.1, -0.05) is 35.9 Å². The van der Waals surface area contributed by atoms with Gasteiger partial charge in [0.1, 0.15) is 5.70 Å². The highest BCUT2D eigenvalue weighted by Crippen LogP contribution is 2.17. The first kappa shape index (κ1) is 27.1. The van der Waals surface area contributed by atoms with E-state index in [1.807, 2.05) is 24.3 Å². The Morgan fingerprint density at radius 2 is 1.54 bits per heavy atom. The first-order valence-electron chi connectivity index (χ1n) is 11.5. The van der Waals surface area contributed by atoms with Crippen LogP contribution in [0.2, 0.25) is 5.02 Å². The maximum atomic E-state index is 12.9. The van der Waals surface area contributed by atoms with Gasteiger partial charge in [0.15, 0.2) is 0 Å². The van der Waals surface area contributed by atoms with Gasteiger partial charge in [0.25, 0.3) is 17.5 Å². The number of benzene rings is 3. The molecular weight excluding hydrogens is 494 g/mol. The molecule has 0 saturated carbocycles. The molecule has 3 aromatic carbocycles. The predicted octanol–water partition coefficient (Wildman–Crippen LogP) is 5.02. The summed E-state index contributed by atoms with van der Waals surface area (Å²) in [6, 6.07) is 19.5. The zero-order valence-corrected chi connectivity index (χ0v) is 21.1. The Hall–Kier alpha value is -4.50. The number of nitro benzene ring substituents is 1. The Balaban J connectivity index is 1.83. The molecule has 10 heteroatoms. The summed E-state index contributed by atoms with van der Waals surface area (Å²) in [4.78, 5) is 38.3. The summed E-state index contributed by atoms with van der Waals surface area (Å²) >= 11 is 5.88. The molecule has 3 aromatic rings. The number of nitro groups is 1. The summed E-state index contributed by atoms with van der Waals surface area (Å²) in [5.41, 5.74) is 4.82. The van der Waals surface area contributed by atoms with Crippen LogP contribution in [0.3, 0.4) is 0 Å². The number of carbonyl (C=O) groups is 2. The van der Waals surface area contributed by atoms with Gasteiger partial charge < -0.3 is 10.2 Å². The average Bonchev–Trinajstić information content (AvgIpc) is 2.91. The lowest BCUT2D eigenvalue weighted by Crippen LogP contribution is -2.32. The van der Waals surface area contributed by atoms with E-state index in [2.05, 4.69) is 34.6 Å². The molecule has 0 saturated heterocycles. The van der Waals surface area contributed by atoms with Crippen LogP contribution in [0, 0.1) is 10.1 Å². The molecule has 0 fully saturated rings. The van der Waals surface area contributed by atoms with E-state index in [1.165, 1.54) is 36.6 Å². The van der Waals surface area contributed by atoms with E-state index in [1.54, 1.807) is 24.3 Å². The minimum Gasteiger partial charge on any atom is -0.372 e. The molecule has 0 aliphatic heterocycles. The fourth-order valence-electron chi connectivity index (χ4n) is 3.40. The third-order valence-corrected chi connectivity index (χ3v) is 5.67. The fraction of sp³-hybridized carbons (Fsp3) is 0.148. The van der Waals surface area contributed by atoms with Crippen LogP contribution >= 0.6 is 11.6 Å². The first-order chi connectivity index (χ1) is 17.8. The second-order valence-electron chi connectivity index (χ2n) is 7.83. The number of hydrogen-bond acceptors (Lipinski definition) is 6. The maximum Gasteiger partial charge on any atom is 0.287 e. The van der Waals surface area contributed by atoms with Gasteiger partial charge in [-0.3, -0.25) is 19.7 Å². The lowest BCUT2D eigenvalue weighted by atomic mass is 10.1. The minimum atomic E-state index is -0.645. The molecule has 9 nitrogen and oxygen atoms in total. The van der Waals surface area contributed by atoms with Gasteiger partial charge in [-0.05, 0) is 67.4 Å². The van der Waals surface area contributed by atoms with Crippen LogP contribution in [0.1, 0.15) is 35.3 Å². The summed E-state index contributed by atoms with van der Waals surface area (Å²) in [6.07, 6.45) is 2.98. The minimum absolute atomic E-state index is 0.0489. The van der Waals surface area contributed by atoms with Crippen LogP contribution in [-0.2, 0) is 4.79 Å². The molecule has 0 aliphatic rings. The van der Waals surface area contributed by atoms with E-state index >= 15 is 0 Å². The van der Waals surface area contributed by atoms with E-state index in [9.17, 15) is 19.7 Å². The van der Waals surface area contributed by atoms with Crippen LogP contribution in [-0.4, -0.2) is 36.0 Å². The van der Waals surface area contributed by atoms with Crippen molar-refractivity contribution in [1.82, 2.24) is 10.7 Å². The topological polar surface area (TPSA) is 117 Å². The summed E-state index contributed by atoms with van der Waals surface area (Å²) < 4.78 is 0. The van der Waals surface area contributed by atoms with Crippen molar-refractivity contribution in [2.45, 2.75) is 13.8 Å². The van der Waals surface area contributed by atoms with Gasteiger partial charge in [-0.25, -0.2) is 5.43 Å². The van der Waals surface area contributed by atoms with Crippen molar-refractivity contribution in [2.75, 3.05) is 18.0 Å². The Morgan fingerprint density at radius 3 is 2.11 bits per heavy atom. The van der Waals surface area contributed by atoms with Crippen molar-refractivity contribution in [1.29, 1.82) is 0 Å². The van der Waals surface area contributed by atoms with Gasteiger partial charge in [0.2, 0.25) is 0 Å². The molecule has 3 rings (SSSR count). The number of anilines is 1. The predicted molar refractivity (Wildman–Crippen MR) is 146 cm³/mol. The smallest absolute Gasteiger partial charge is 0.287 e. The number of hydrazone groups is 1. The summed E-state index contributed by atoms with van der Waals surface area (Å²) in [6.45, 7) is 5.85. The van der Waals surface area contributed by atoms with Crippen molar-refractivity contribution >= 4 is 47.1 Å². The van der Waals surface area contributed by atoms with Crippen molar-refractivity contribution in [3.8, 4) is 0 Å². The molecule has 2 amide bonds. The molecular formula is C27H26ClN5O4. The molecule has 0 spiro atoms. The molecule has 0 unspecified atom stereocenters. The number of nitrogens with zero attached hydrogens (tertiary/aromatic N) is 3. The van der Waals surface area contributed by atoms with E-state index in [-0.39, 0.29) is 16.9 Å². The van der Waals surface area contributed by atoms with Crippen molar-refractivity contribution in [3.05, 3.63) is 110 Å². The molecule has 0 aromatic heterocycles. The second kappa shape index (κ2) is 13.0. The first-order valence-corrected chi connectivity index (χ1v) is 11.9. The number of halogens is 1. The van der Waals surface area contributed by atoms with Crippen LogP contribution in [0.5, 0.6) is 0 Å². The fourth-order valence-corrected chi connectivity index (χ4v) is 3.52. The van der Waals surface area contributed by atoms with Crippen LogP contribution in [0.15, 0.2) is 83.6 Å². The summed E-state index contributed by atoms with van der Waals surface area (Å²) in [5.74, 6) is -1.24. The highest BCUT2D eigenvalue weighted by molar-refractivity contribution is 6.30. The van der Waals surface area contributed by atoms with Crippen molar-refractivity contribution in [3.63, 3.8) is 0 Å². The quantitative estimate of drug-likeness (QED) is 0.169. The van der Waals surface area contributed by atoms with Gasteiger partial charge in [0.05, 0.1) is 11.1 Å². The average molecular weight is 520 g/mol. The number of amides is 2. The lowest BCUT2D eigenvalue weighted by Gasteiger charge is -2.20. The normalized spacial score (nSPS) is 11.3. The Bertz CT molecular complexity index is 1300. The third-order valence-electron chi connectivity index (χ3n) is 5.42. The zero-order valence-electron chi connectivity index (χ0n) is 20.3. The number of hydrogen-bond donors (Lipinski definition) is 2. The van der Waals surface area contributed by atoms with Gasteiger partial charge >= 0.3 is 0 Å². The van der Waals surface area contributed by atoms with E-state index < -0.39 is 16.7 Å². The second-order valence-corrected chi connectivity index (χ2v) is 8.27. The molecule has 0 aliphatic carbocycles. The monoisotopic (exact) mass is 519 g/mol. The van der Waals surface area contributed by atoms with Crippen molar-refractivity contribution in [2.24, 2.45) is 5.10 Å². The molecule has 2 N–H and O–H groups in total. The highest BCUT2D eigenvalue weighted by atomic mass is 35.5. The largest absolute Gasteiger partial charge is 0.372 e. The van der Waals surface area contributed by atoms with Crippen LogP contribution < -0.4 is 15.6 Å². The van der Waals surface area contributed by atoms with Gasteiger partial charge in [-0.2, -0.15) is 5.10 Å². The standard InChI is InChI=1S/C27H26ClN5O4/c1-3-32(4-2)23-13-7-19(8-14-23)17-25(27(35)31-29-18-20-5-11-22(28)12-6-20)30-26(34)21-9-15-24(16-10-21)33(36)37/h5-18H,3-4H2,1-2H3,(H,30,34)(H,31,35)/b25-17+,29-18-.